The van der Waals surface area contributed by atoms with Crippen molar-refractivity contribution in [3.8, 4) is 5.75 Å². The molecule has 1 N–H and O–H groups in total. The summed E-state index contributed by atoms with van der Waals surface area (Å²) in [6.45, 7) is 7.65. The third kappa shape index (κ3) is 5.69. The summed E-state index contributed by atoms with van der Waals surface area (Å²) in [6.07, 6.45) is 2.71. The Morgan fingerprint density at radius 3 is 2.43 bits per heavy atom. The van der Waals surface area contributed by atoms with Crippen LogP contribution < -0.4 is 4.74 Å². The van der Waals surface area contributed by atoms with Gasteiger partial charge in [0.2, 0.25) is 0 Å². The molecular formula is C21H31N3O4. The van der Waals surface area contributed by atoms with Crippen LogP contribution in [0.5, 0.6) is 5.75 Å². The second kappa shape index (κ2) is 9.89. The van der Waals surface area contributed by atoms with E-state index < -0.39 is 6.09 Å². The topological polar surface area (TPSA) is 73.3 Å². The van der Waals surface area contributed by atoms with E-state index in [1.54, 1.807) is 0 Å². The largest absolute Gasteiger partial charge is 0.494 e. The summed E-state index contributed by atoms with van der Waals surface area (Å²) in [5.74, 6) is 0.847. The lowest BCUT2D eigenvalue weighted by Crippen LogP contribution is -2.49. The Morgan fingerprint density at radius 2 is 1.82 bits per heavy atom. The number of amides is 1. The Hall–Kier alpha value is -2.12. The third-order valence-corrected chi connectivity index (χ3v) is 5.74. The average Bonchev–Trinajstić information content (AvgIpc) is 3.11. The third-order valence-electron chi connectivity index (χ3n) is 5.74. The molecule has 2 aliphatic rings. The molecule has 2 heterocycles. The minimum absolute atomic E-state index is 0.0540. The first-order valence-electron chi connectivity index (χ1n) is 10.2. The molecule has 0 radical (unpaired) electrons. The van der Waals surface area contributed by atoms with E-state index >= 15 is 0 Å². The van der Waals surface area contributed by atoms with Crippen molar-refractivity contribution >= 4 is 11.9 Å². The number of nitrogens with zero attached hydrogens (tertiary/aromatic N) is 3. The zero-order chi connectivity index (χ0) is 19.9. The van der Waals surface area contributed by atoms with Crippen LogP contribution in [-0.4, -0.2) is 90.1 Å². The van der Waals surface area contributed by atoms with Crippen molar-refractivity contribution in [2.75, 3.05) is 52.4 Å². The van der Waals surface area contributed by atoms with Crippen molar-refractivity contribution in [2.24, 2.45) is 0 Å². The highest BCUT2D eigenvalue weighted by Gasteiger charge is 2.22. The highest BCUT2D eigenvalue weighted by molar-refractivity contribution is 5.97. The lowest BCUT2D eigenvalue weighted by atomic mass is 10.1. The highest BCUT2D eigenvalue weighted by Crippen LogP contribution is 2.17. The summed E-state index contributed by atoms with van der Waals surface area (Å²) >= 11 is 0. The molecular weight excluding hydrogens is 358 g/mol. The summed E-state index contributed by atoms with van der Waals surface area (Å²) < 4.78 is 5.81. The summed E-state index contributed by atoms with van der Waals surface area (Å²) in [6, 6.07) is 8.03. The van der Waals surface area contributed by atoms with Crippen LogP contribution in [0.25, 0.3) is 0 Å². The highest BCUT2D eigenvalue weighted by atomic mass is 16.5. The van der Waals surface area contributed by atoms with Crippen LogP contribution in [-0.2, 0) is 0 Å². The van der Waals surface area contributed by atoms with E-state index in [0.29, 0.717) is 50.9 Å². The Morgan fingerprint density at radius 1 is 1.11 bits per heavy atom. The fourth-order valence-electron chi connectivity index (χ4n) is 3.91. The molecule has 28 heavy (non-hydrogen) atoms. The number of carboxylic acid groups (broad SMARTS) is 1. The number of likely N-dealkylation sites (tertiary alicyclic amines) is 1. The van der Waals surface area contributed by atoms with Gasteiger partial charge in [-0.25, -0.2) is 4.79 Å². The molecule has 1 aromatic rings. The number of hydrogen-bond acceptors (Lipinski definition) is 5. The minimum Gasteiger partial charge on any atom is -0.494 e. The van der Waals surface area contributed by atoms with Gasteiger partial charge in [0.1, 0.15) is 5.75 Å². The summed E-state index contributed by atoms with van der Waals surface area (Å²) in [5, 5.41) is 8.98. The lowest BCUT2D eigenvalue weighted by Gasteiger charge is -2.32. The van der Waals surface area contributed by atoms with Gasteiger partial charge >= 0.3 is 6.09 Å². The van der Waals surface area contributed by atoms with E-state index in [2.05, 4.69) is 11.8 Å². The van der Waals surface area contributed by atoms with Gasteiger partial charge in [-0.2, -0.15) is 0 Å². The van der Waals surface area contributed by atoms with E-state index in [4.69, 9.17) is 9.84 Å². The SMILES string of the molecule is C[C@@H]1CCCN1CCCOc1ccc(C(=O)CN2CCN(C(=O)O)CC2)cc1. The number of carbonyl (C=O) groups excluding carboxylic acids is 1. The predicted molar refractivity (Wildman–Crippen MR) is 107 cm³/mol. The van der Waals surface area contributed by atoms with Crippen LogP contribution >= 0.6 is 0 Å². The number of piperazine rings is 1. The molecule has 0 unspecified atom stereocenters. The number of hydrogen-bond donors (Lipinski definition) is 1. The molecule has 2 saturated heterocycles. The molecule has 0 saturated carbocycles. The molecule has 0 aliphatic carbocycles. The zero-order valence-electron chi connectivity index (χ0n) is 16.7. The molecule has 0 aromatic heterocycles. The minimum atomic E-state index is -0.892. The van der Waals surface area contributed by atoms with Gasteiger partial charge in [-0.15, -0.1) is 0 Å². The number of ketones is 1. The molecule has 0 bridgehead atoms. The lowest BCUT2D eigenvalue weighted by molar-refractivity contribution is 0.0835. The molecule has 7 nitrogen and oxygen atoms in total. The van der Waals surface area contributed by atoms with Crippen LogP contribution in [0.4, 0.5) is 4.79 Å². The van der Waals surface area contributed by atoms with Gasteiger partial charge in [0.15, 0.2) is 5.78 Å². The van der Waals surface area contributed by atoms with Crippen LogP contribution in [0.1, 0.15) is 36.5 Å². The van der Waals surface area contributed by atoms with Crippen LogP contribution in [0.3, 0.4) is 0 Å². The van der Waals surface area contributed by atoms with Gasteiger partial charge in [-0.3, -0.25) is 9.69 Å². The van der Waals surface area contributed by atoms with Crippen molar-refractivity contribution in [1.82, 2.24) is 14.7 Å². The van der Waals surface area contributed by atoms with Crippen molar-refractivity contribution in [1.29, 1.82) is 0 Å². The molecule has 2 aliphatic heterocycles. The Balaban J connectivity index is 1.37. The number of carbonyl (C=O) groups is 2. The number of benzene rings is 1. The molecule has 2 fully saturated rings. The first-order chi connectivity index (χ1) is 13.5. The average molecular weight is 389 g/mol. The van der Waals surface area contributed by atoms with Gasteiger partial charge in [0.05, 0.1) is 13.2 Å². The predicted octanol–water partition coefficient (Wildman–Crippen LogP) is 2.42. The van der Waals surface area contributed by atoms with E-state index in [1.165, 1.54) is 24.3 Å². The quantitative estimate of drug-likeness (QED) is 0.544. The Kier molecular flexibility index (Phi) is 7.28. The monoisotopic (exact) mass is 389 g/mol. The maximum absolute atomic E-state index is 12.5. The van der Waals surface area contributed by atoms with E-state index in [9.17, 15) is 9.59 Å². The molecule has 3 rings (SSSR count). The van der Waals surface area contributed by atoms with Gasteiger partial charge in [0, 0.05) is 44.3 Å². The van der Waals surface area contributed by atoms with Crippen molar-refractivity contribution < 1.29 is 19.4 Å². The maximum atomic E-state index is 12.5. The maximum Gasteiger partial charge on any atom is 0.407 e. The molecule has 154 valence electrons. The van der Waals surface area contributed by atoms with E-state index in [1.807, 2.05) is 29.2 Å². The second-order valence-corrected chi connectivity index (χ2v) is 7.72. The van der Waals surface area contributed by atoms with Crippen LogP contribution in [0.15, 0.2) is 24.3 Å². The van der Waals surface area contributed by atoms with E-state index in [0.717, 1.165) is 18.7 Å². The standard InChI is InChI=1S/C21H31N3O4/c1-17-4-2-9-23(17)10-3-15-28-19-7-5-18(6-8-19)20(25)16-22-11-13-24(14-12-22)21(26)27/h5-8,17H,2-4,9-16H2,1H3,(H,26,27)/t17-/m1/s1. The summed E-state index contributed by atoms with van der Waals surface area (Å²) in [5.41, 5.74) is 0.666. The van der Waals surface area contributed by atoms with Gasteiger partial charge in [-0.05, 0) is 57.0 Å². The fraction of sp³-hybridized carbons (Fsp3) is 0.619. The normalized spacial score (nSPS) is 21.0. The first kappa shape index (κ1) is 20.6. The van der Waals surface area contributed by atoms with Crippen molar-refractivity contribution in [3.05, 3.63) is 29.8 Å². The van der Waals surface area contributed by atoms with Crippen molar-refractivity contribution in [3.63, 3.8) is 0 Å². The van der Waals surface area contributed by atoms with E-state index in [-0.39, 0.29) is 5.78 Å². The Bertz CT molecular complexity index is 656. The molecule has 0 spiro atoms. The van der Waals surface area contributed by atoms with Gasteiger partial charge < -0.3 is 19.6 Å². The fourth-order valence-corrected chi connectivity index (χ4v) is 3.91. The summed E-state index contributed by atoms with van der Waals surface area (Å²) in [4.78, 5) is 29.3. The molecule has 7 heteroatoms. The smallest absolute Gasteiger partial charge is 0.407 e. The molecule has 1 aromatic carbocycles. The van der Waals surface area contributed by atoms with Gasteiger partial charge in [0.25, 0.3) is 0 Å². The zero-order valence-corrected chi connectivity index (χ0v) is 16.7. The summed E-state index contributed by atoms with van der Waals surface area (Å²) in [7, 11) is 0. The molecule has 1 atom stereocenters. The second-order valence-electron chi connectivity index (χ2n) is 7.72. The van der Waals surface area contributed by atoms with Crippen molar-refractivity contribution in [2.45, 2.75) is 32.2 Å². The van der Waals surface area contributed by atoms with Crippen LogP contribution in [0, 0.1) is 0 Å². The molecule has 1 amide bonds. The number of Topliss-reactive ketones (excluding diaryl/α,β-unsaturated/α-hetero) is 1. The first-order valence-corrected chi connectivity index (χ1v) is 10.2. The van der Waals surface area contributed by atoms with Crippen LogP contribution in [0.2, 0.25) is 0 Å². The number of ether oxygens (including phenoxy) is 1. The number of rotatable bonds is 8. The Labute approximate surface area is 166 Å². The van der Waals surface area contributed by atoms with Gasteiger partial charge in [-0.1, -0.05) is 0 Å².